The molecule has 0 bridgehead atoms. The molecule has 0 aliphatic rings. The molecule has 1 aromatic carbocycles. The molecule has 1 N–H and O–H groups in total. The van der Waals surface area contributed by atoms with Gasteiger partial charge in [-0.3, -0.25) is 10.1 Å². The van der Waals surface area contributed by atoms with E-state index in [4.69, 9.17) is 9.47 Å². The molecule has 1 unspecified atom stereocenters. The van der Waals surface area contributed by atoms with Crippen LogP contribution in [0.25, 0.3) is 0 Å². The third-order valence-corrected chi connectivity index (χ3v) is 2.79. The fraction of sp³-hybridized carbons (Fsp3) is 0.571. The summed E-state index contributed by atoms with van der Waals surface area (Å²) in [6.45, 7) is 5.61. The zero-order valence-corrected chi connectivity index (χ0v) is 12.3. The SMILES string of the molecule is CCCC(O)c1cc(OC(C)C)c(OC)cc1[N+](=O)[O-]. The lowest BCUT2D eigenvalue weighted by Gasteiger charge is -2.17. The van der Waals surface area contributed by atoms with Crippen molar-refractivity contribution in [1.82, 2.24) is 0 Å². The molecule has 0 fully saturated rings. The highest BCUT2D eigenvalue weighted by Gasteiger charge is 2.24. The highest BCUT2D eigenvalue weighted by atomic mass is 16.6. The van der Waals surface area contributed by atoms with Gasteiger partial charge in [0.1, 0.15) is 0 Å². The van der Waals surface area contributed by atoms with Crippen LogP contribution in [0.1, 0.15) is 45.3 Å². The minimum absolute atomic E-state index is 0.0958. The number of hydrogen-bond acceptors (Lipinski definition) is 5. The van der Waals surface area contributed by atoms with Crippen LogP contribution in [0.3, 0.4) is 0 Å². The molecule has 112 valence electrons. The predicted molar refractivity (Wildman–Crippen MR) is 75.3 cm³/mol. The molecule has 0 saturated heterocycles. The van der Waals surface area contributed by atoms with Gasteiger partial charge >= 0.3 is 0 Å². The molecule has 0 aromatic heterocycles. The third-order valence-electron chi connectivity index (χ3n) is 2.79. The molecule has 0 heterocycles. The number of aliphatic hydroxyl groups is 1. The maximum absolute atomic E-state index is 11.1. The Balaban J connectivity index is 3.34. The summed E-state index contributed by atoms with van der Waals surface area (Å²) < 4.78 is 10.7. The fourth-order valence-electron chi connectivity index (χ4n) is 1.92. The lowest BCUT2D eigenvalue weighted by atomic mass is 10.0. The van der Waals surface area contributed by atoms with Crippen molar-refractivity contribution in [2.75, 3.05) is 7.11 Å². The van der Waals surface area contributed by atoms with Crippen molar-refractivity contribution in [3.8, 4) is 11.5 Å². The van der Waals surface area contributed by atoms with E-state index in [-0.39, 0.29) is 23.1 Å². The van der Waals surface area contributed by atoms with Crippen molar-refractivity contribution in [3.05, 3.63) is 27.8 Å². The van der Waals surface area contributed by atoms with E-state index in [1.54, 1.807) is 0 Å². The first kappa shape index (κ1) is 16.2. The Morgan fingerprint density at radius 1 is 1.35 bits per heavy atom. The monoisotopic (exact) mass is 283 g/mol. The van der Waals surface area contributed by atoms with Gasteiger partial charge in [0.25, 0.3) is 5.69 Å². The van der Waals surface area contributed by atoms with Gasteiger partial charge in [0.15, 0.2) is 11.5 Å². The number of benzene rings is 1. The average molecular weight is 283 g/mol. The molecule has 1 atom stereocenters. The maximum atomic E-state index is 11.1. The molecule has 6 heteroatoms. The second-order valence-corrected chi connectivity index (χ2v) is 4.79. The topological polar surface area (TPSA) is 81.8 Å². The molecular formula is C14H21NO5. The van der Waals surface area contributed by atoms with E-state index in [0.29, 0.717) is 12.2 Å². The summed E-state index contributed by atoms with van der Waals surface area (Å²) in [5.41, 5.74) is 0.104. The third kappa shape index (κ3) is 3.84. The van der Waals surface area contributed by atoms with Crippen LogP contribution in [0.4, 0.5) is 5.69 Å². The fourth-order valence-corrected chi connectivity index (χ4v) is 1.92. The smallest absolute Gasteiger partial charge is 0.279 e. The number of hydrogen-bond donors (Lipinski definition) is 1. The molecule has 0 amide bonds. The first-order valence-electron chi connectivity index (χ1n) is 6.61. The Kier molecular flexibility index (Phi) is 5.76. The molecule has 0 spiro atoms. The number of aliphatic hydroxyl groups excluding tert-OH is 1. The van der Waals surface area contributed by atoms with E-state index in [2.05, 4.69) is 0 Å². The van der Waals surface area contributed by atoms with Gasteiger partial charge in [0.05, 0.1) is 35.9 Å². The molecule has 1 aromatic rings. The van der Waals surface area contributed by atoms with E-state index in [1.165, 1.54) is 19.2 Å². The Bertz CT molecular complexity index is 473. The first-order chi connectivity index (χ1) is 9.40. The largest absolute Gasteiger partial charge is 0.493 e. The zero-order valence-electron chi connectivity index (χ0n) is 12.3. The van der Waals surface area contributed by atoms with E-state index < -0.39 is 11.0 Å². The predicted octanol–water partition coefficient (Wildman–Crippen LogP) is 3.22. The first-order valence-corrected chi connectivity index (χ1v) is 6.61. The number of ether oxygens (including phenoxy) is 2. The van der Waals surface area contributed by atoms with Gasteiger partial charge in [0, 0.05) is 0 Å². The Labute approximate surface area is 118 Å². The summed E-state index contributed by atoms with van der Waals surface area (Å²) >= 11 is 0. The van der Waals surface area contributed by atoms with Gasteiger partial charge in [-0.05, 0) is 26.3 Å². The van der Waals surface area contributed by atoms with Crippen molar-refractivity contribution in [1.29, 1.82) is 0 Å². The highest BCUT2D eigenvalue weighted by molar-refractivity contribution is 5.55. The standard InChI is InChI=1S/C14H21NO5/c1-5-6-12(16)10-7-14(20-9(2)3)13(19-4)8-11(10)15(17)18/h7-9,12,16H,5-6H2,1-4H3. The number of methoxy groups -OCH3 is 1. The average Bonchev–Trinajstić information content (AvgIpc) is 2.37. The van der Waals surface area contributed by atoms with E-state index in [1.807, 2.05) is 20.8 Å². The van der Waals surface area contributed by atoms with E-state index >= 15 is 0 Å². The van der Waals surface area contributed by atoms with E-state index in [0.717, 1.165) is 6.42 Å². The Morgan fingerprint density at radius 2 is 2.00 bits per heavy atom. The molecule has 0 aliphatic carbocycles. The van der Waals surface area contributed by atoms with Crippen molar-refractivity contribution in [2.24, 2.45) is 0 Å². The van der Waals surface area contributed by atoms with Crippen molar-refractivity contribution in [2.45, 2.75) is 45.8 Å². The molecule has 0 radical (unpaired) electrons. The number of nitrogens with zero attached hydrogens (tertiary/aromatic N) is 1. The van der Waals surface area contributed by atoms with E-state index in [9.17, 15) is 15.2 Å². The van der Waals surface area contributed by atoms with Crippen LogP contribution < -0.4 is 9.47 Å². The van der Waals surface area contributed by atoms with Crippen molar-refractivity contribution >= 4 is 5.69 Å². The van der Waals surface area contributed by atoms with Gasteiger partial charge in [-0.1, -0.05) is 13.3 Å². The quantitative estimate of drug-likeness (QED) is 0.613. The normalized spacial score (nSPS) is 12.3. The van der Waals surface area contributed by atoms with Gasteiger partial charge < -0.3 is 14.6 Å². The molecule has 0 aliphatic heterocycles. The van der Waals surface area contributed by atoms with Crippen LogP contribution in [0.15, 0.2) is 12.1 Å². The second-order valence-electron chi connectivity index (χ2n) is 4.79. The second kappa shape index (κ2) is 7.09. The molecule has 0 saturated carbocycles. The molecule has 6 nitrogen and oxygen atoms in total. The lowest BCUT2D eigenvalue weighted by Crippen LogP contribution is -2.09. The number of nitro benzene ring substituents is 1. The summed E-state index contributed by atoms with van der Waals surface area (Å²) in [5, 5.41) is 21.2. The number of nitro groups is 1. The van der Waals surface area contributed by atoms with Crippen LogP contribution in [0.5, 0.6) is 11.5 Å². The minimum Gasteiger partial charge on any atom is -0.493 e. The van der Waals surface area contributed by atoms with Crippen molar-refractivity contribution < 1.29 is 19.5 Å². The summed E-state index contributed by atoms with van der Waals surface area (Å²) in [4.78, 5) is 10.6. The molecular weight excluding hydrogens is 262 g/mol. The highest BCUT2D eigenvalue weighted by Crippen LogP contribution is 2.38. The molecule has 20 heavy (non-hydrogen) atoms. The van der Waals surface area contributed by atoms with Crippen LogP contribution in [0.2, 0.25) is 0 Å². The number of rotatable bonds is 7. The lowest BCUT2D eigenvalue weighted by molar-refractivity contribution is -0.386. The van der Waals surface area contributed by atoms with Crippen molar-refractivity contribution in [3.63, 3.8) is 0 Å². The van der Waals surface area contributed by atoms with Crippen LogP contribution in [-0.2, 0) is 0 Å². The summed E-state index contributed by atoms with van der Waals surface area (Å²) in [5.74, 6) is 0.691. The van der Waals surface area contributed by atoms with Gasteiger partial charge in [-0.2, -0.15) is 0 Å². The van der Waals surface area contributed by atoms with Crippen LogP contribution in [-0.4, -0.2) is 23.2 Å². The Morgan fingerprint density at radius 3 is 2.45 bits per heavy atom. The van der Waals surface area contributed by atoms with Crippen LogP contribution >= 0.6 is 0 Å². The van der Waals surface area contributed by atoms with Gasteiger partial charge in [-0.25, -0.2) is 0 Å². The van der Waals surface area contributed by atoms with Crippen LogP contribution in [0, 0.1) is 10.1 Å². The maximum Gasteiger partial charge on any atom is 0.279 e. The summed E-state index contributed by atoms with van der Waals surface area (Å²) in [6.07, 6.45) is 0.196. The van der Waals surface area contributed by atoms with Gasteiger partial charge in [0.2, 0.25) is 0 Å². The van der Waals surface area contributed by atoms with Gasteiger partial charge in [-0.15, -0.1) is 0 Å². The minimum atomic E-state index is -0.888. The zero-order chi connectivity index (χ0) is 15.3. The molecule has 1 rings (SSSR count). The summed E-state index contributed by atoms with van der Waals surface area (Å²) in [7, 11) is 1.42. The summed E-state index contributed by atoms with van der Waals surface area (Å²) in [6, 6.07) is 2.79. The Hall–Kier alpha value is -1.82.